The molecule has 0 saturated heterocycles. The van der Waals surface area contributed by atoms with Crippen molar-refractivity contribution in [2.75, 3.05) is 7.05 Å². The van der Waals surface area contributed by atoms with Crippen molar-refractivity contribution in [3.05, 3.63) is 0 Å². The molecule has 0 radical (unpaired) electrons. The molecule has 0 rings (SSSR count). The maximum Gasteiger partial charge on any atom is 0.0526 e. The summed E-state index contributed by atoms with van der Waals surface area (Å²) in [4.78, 5) is 0. The summed E-state index contributed by atoms with van der Waals surface area (Å²) in [6.45, 7) is 3.99. The number of aliphatic hydroxyl groups is 1. The molecule has 0 aromatic rings. The van der Waals surface area contributed by atoms with E-state index in [0.29, 0.717) is 6.04 Å². The third-order valence-electron chi connectivity index (χ3n) is 1.67. The molecule has 0 heterocycles. The second-order valence-corrected chi connectivity index (χ2v) is 2.86. The van der Waals surface area contributed by atoms with E-state index in [2.05, 4.69) is 12.2 Å². The maximum absolute atomic E-state index is 9.04. The first-order chi connectivity index (χ1) is 4.70. The number of nitrogens with one attached hydrogen (secondary N) is 1. The second-order valence-electron chi connectivity index (χ2n) is 2.86. The van der Waals surface area contributed by atoms with Crippen molar-refractivity contribution in [1.82, 2.24) is 5.32 Å². The average molecular weight is 145 g/mol. The Hall–Kier alpha value is -0.0800. The first-order valence-electron chi connectivity index (χ1n) is 4.06. The molecular weight excluding hydrogens is 126 g/mol. The number of hydrogen-bond donors (Lipinski definition) is 2. The Balaban J connectivity index is 3.39. The lowest BCUT2D eigenvalue weighted by Crippen LogP contribution is -2.28. The molecule has 0 bridgehead atoms. The Morgan fingerprint density at radius 1 is 1.50 bits per heavy atom. The van der Waals surface area contributed by atoms with Crippen molar-refractivity contribution in [2.24, 2.45) is 0 Å². The molecule has 0 aliphatic carbocycles. The van der Waals surface area contributed by atoms with E-state index in [-0.39, 0.29) is 6.10 Å². The van der Waals surface area contributed by atoms with Gasteiger partial charge in [0.15, 0.2) is 0 Å². The van der Waals surface area contributed by atoms with Crippen LogP contribution in [-0.2, 0) is 0 Å². The van der Waals surface area contributed by atoms with Crippen LogP contribution < -0.4 is 5.32 Å². The highest BCUT2D eigenvalue weighted by molar-refractivity contribution is 4.66. The molecule has 0 spiro atoms. The lowest BCUT2D eigenvalue weighted by molar-refractivity contribution is 0.167. The van der Waals surface area contributed by atoms with E-state index >= 15 is 0 Å². The van der Waals surface area contributed by atoms with Crippen molar-refractivity contribution in [1.29, 1.82) is 0 Å². The van der Waals surface area contributed by atoms with E-state index in [1.807, 2.05) is 14.0 Å². The lowest BCUT2D eigenvalue weighted by atomic mass is 10.1. The average Bonchev–Trinajstić information content (AvgIpc) is 1.86. The minimum Gasteiger partial charge on any atom is -0.393 e. The van der Waals surface area contributed by atoms with Crippen LogP contribution in [0.2, 0.25) is 0 Å². The van der Waals surface area contributed by atoms with Crippen LogP contribution in [0.5, 0.6) is 0 Å². The van der Waals surface area contributed by atoms with Gasteiger partial charge in [0.2, 0.25) is 0 Å². The summed E-state index contributed by atoms with van der Waals surface area (Å²) in [5, 5.41) is 12.2. The molecule has 0 aromatic carbocycles. The summed E-state index contributed by atoms with van der Waals surface area (Å²) in [5.41, 5.74) is 0. The van der Waals surface area contributed by atoms with E-state index in [4.69, 9.17) is 5.11 Å². The van der Waals surface area contributed by atoms with Gasteiger partial charge in [0.1, 0.15) is 0 Å². The SMILES string of the molecule is CCCC(CC(C)O)NC. The van der Waals surface area contributed by atoms with Gasteiger partial charge in [-0.05, 0) is 26.8 Å². The Morgan fingerprint density at radius 2 is 2.10 bits per heavy atom. The third-order valence-corrected chi connectivity index (χ3v) is 1.67. The minimum absolute atomic E-state index is 0.177. The van der Waals surface area contributed by atoms with Crippen molar-refractivity contribution >= 4 is 0 Å². The molecule has 2 heteroatoms. The fraction of sp³-hybridized carbons (Fsp3) is 1.00. The van der Waals surface area contributed by atoms with E-state index in [1.54, 1.807) is 0 Å². The fourth-order valence-electron chi connectivity index (χ4n) is 1.14. The number of aliphatic hydroxyl groups excluding tert-OH is 1. The summed E-state index contributed by atoms with van der Waals surface area (Å²) < 4.78 is 0. The molecule has 2 atom stereocenters. The van der Waals surface area contributed by atoms with Crippen LogP contribution in [0.25, 0.3) is 0 Å². The molecule has 2 nitrogen and oxygen atoms in total. The summed E-state index contributed by atoms with van der Waals surface area (Å²) in [6, 6.07) is 0.491. The number of hydrogen-bond acceptors (Lipinski definition) is 2. The van der Waals surface area contributed by atoms with E-state index in [1.165, 1.54) is 6.42 Å². The molecule has 0 amide bonds. The van der Waals surface area contributed by atoms with Crippen LogP contribution in [0.15, 0.2) is 0 Å². The highest BCUT2D eigenvalue weighted by Gasteiger charge is 2.06. The van der Waals surface area contributed by atoms with Crippen LogP contribution >= 0.6 is 0 Å². The Morgan fingerprint density at radius 3 is 2.40 bits per heavy atom. The standard InChI is InChI=1S/C8H19NO/c1-4-5-8(9-3)6-7(2)10/h7-10H,4-6H2,1-3H3. The normalized spacial score (nSPS) is 16.8. The molecule has 2 N–H and O–H groups in total. The summed E-state index contributed by atoms with van der Waals surface area (Å²) in [7, 11) is 1.95. The predicted molar refractivity (Wildman–Crippen MR) is 44.1 cm³/mol. The molecule has 0 fully saturated rings. The van der Waals surface area contributed by atoms with Gasteiger partial charge in [-0.1, -0.05) is 13.3 Å². The van der Waals surface area contributed by atoms with Gasteiger partial charge < -0.3 is 10.4 Å². The van der Waals surface area contributed by atoms with Gasteiger partial charge in [0.05, 0.1) is 6.10 Å². The summed E-state index contributed by atoms with van der Waals surface area (Å²) >= 11 is 0. The van der Waals surface area contributed by atoms with Crippen LogP contribution in [-0.4, -0.2) is 24.3 Å². The quantitative estimate of drug-likeness (QED) is 0.608. The molecule has 10 heavy (non-hydrogen) atoms. The fourth-order valence-corrected chi connectivity index (χ4v) is 1.14. The van der Waals surface area contributed by atoms with Crippen molar-refractivity contribution in [2.45, 2.75) is 45.3 Å². The van der Waals surface area contributed by atoms with Gasteiger partial charge in [0.25, 0.3) is 0 Å². The van der Waals surface area contributed by atoms with Gasteiger partial charge in [-0.2, -0.15) is 0 Å². The molecule has 62 valence electrons. The lowest BCUT2D eigenvalue weighted by Gasteiger charge is -2.16. The molecule has 0 aliphatic heterocycles. The third kappa shape index (κ3) is 4.77. The van der Waals surface area contributed by atoms with Crippen LogP contribution in [0.3, 0.4) is 0 Å². The monoisotopic (exact) mass is 145 g/mol. The molecule has 0 aliphatic rings. The molecule has 0 saturated carbocycles. The zero-order valence-electron chi connectivity index (χ0n) is 7.22. The first-order valence-corrected chi connectivity index (χ1v) is 4.06. The Kier molecular flexibility index (Phi) is 5.64. The largest absolute Gasteiger partial charge is 0.393 e. The number of rotatable bonds is 5. The van der Waals surface area contributed by atoms with Gasteiger partial charge in [-0.3, -0.25) is 0 Å². The Labute approximate surface area is 63.6 Å². The van der Waals surface area contributed by atoms with Gasteiger partial charge in [0, 0.05) is 6.04 Å². The van der Waals surface area contributed by atoms with E-state index < -0.39 is 0 Å². The zero-order valence-corrected chi connectivity index (χ0v) is 7.22. The van der Waals surface area contributed by atoms with Crippen molar-refractivity contribution in [3.63, 3.8) is 0 Å². The summed E-state index contributed by atoms with van der Waals surface area (Å²) in [6.07, 6.45) is 3.02. The topological polar surface area (TPSA) is 32.3 Å². The molecular formula is C8H19NO. The summed E-state index contributed by atoms with van der Waals surface area (Å²) in [5.74, 6) is 0. The van der Waals surface area contributed by atoms with Crippen molar-refractivity contribution in [3.8, 4) is 0 Å². The maximum atomic E-state index is 9.04. The van der Waals surface area contributed by atoms with E-state index in [0.717, 1.165) is 12.8 Å². The zero-order chi connectivity index (χ0) is 7.98. The molecule has 2 unspecified atom stereocenters. The van der Waals surface area contributed by atoms with Crippen LogP contribution in [0.1, 0.15) is 33.1 Å². The van der Waals surface area contributed by atoms with Gasteiger partial charge in [-0.25, -0.2) is 0 Å². The second kappa shape index (κ2) is 5.69. The van der Waals surface area contributed by atoms with Crippen LogP contribution in [0, 0.1) is 0 Å². The highest BCUT2D eigenvalue weighted by atomic mass is 16.3. The highest BCUT2D eigenvalue weighted by Crippen LogP contribution is 2.03. The van der Waals surface area contributed by atoms with Crippen LogP contribution in [0.4, 0.5) is 0 Å². The molecule has 0 aromatic heterocycles. The van der Waals surface area contributed by atoms with Crippen molar-refractivity contribution < 1.29 is 5.11 Å². The van der Waals surface area contributed by atoms with Gasteiger partial charge in [-0.15, -0.1) is 0 Å². The smallest absolute Gasteiger partial charge is 0.0526 e. The van der Waals surface area contributed by atoms with E-state index in [9.17, 15) is 0 Å². The predicted octanol–water partition coefficient (Wildman–Crippen LogP) is 1.15. The first kappa shape index (κ1) is 9.92. The van der Waals surface area contributed by atoms with Gasteiger partial charge >= 0.3 is 0 Å². The Bertz CT molecular complexity index is 73.7. The minimum atomic E-state index is -0.177.